The van der Waals surface area contributed by atoms with Crippen LogP contribution in [-0.4, -0.2) is 20.4 Å². The van der Waals surface area contributed by atoms with Gasteiger partial charge in [-0.05, 0) is 22.0 Å². The van der Waals surface area contributed by atoms with E-state index in [1.165, 1.54) is 11.3 Å². The summed E-state index contributed by atoms with van der Waals surface area (Å²) < 4.78 is 22.7. The molecule has 0 aliphatic heterocycles. The fourth-order valence-corrected chi connectivity index (χ4v) is 4.29. The van der Waals surface area contributed by atoms with Crippen LogP contribution in [0.4, 0.5) is 0 Å². The van der Waals surface area contributed by atoms with Crippen molar-refractivity contribution in [2.24, 2.45) is 0 Å². The monoisotopic (exact) mass is 336 g/mol. The molecule has 1 aromatic heterocycles. The molecule has 1 heterocycles. The zero-order valence-corrected chi connectivity index (χ0v) is 11.9. The summed E-state index contributed by atoms with van der Waals surface area (Å²) in [7, 11) is -3.06. The maximum absolute atomic E-state index is 11.0. The highest BCUT2D eigenvalue weighted by molar-refractivity contribution is 9.11. The Kier molecular flexibility index (Phi) is 4.29. The van der Waals surface area contributed by atoms with Gasteiger partial charge in [-0.25, -0.2) is 8.42 Å². The minimum atomic E-state index is -3.06. The van der Waals surface area contributed by atoms with Crippen molar-refractivity contribution in [1.82, 2.24) is 0 Å². The van der Waals surface area contributed by atoms with Gasteiger partial charge in [0.2, 0.25) is 0 Å². The standard InChI is InChI=1S/C7H7BrCl2O2S2/c1-14(11,12)3-5(10)6-2-4(9)7(8)13-6/h2,5H,3H2,1H3. The smallest absolute Gasteiger partial charge is 0.149 e. The first kappa shape index (κ1) is 12.8. The molecule has 1 aromatic rings. The molecule has 1 atom stereocenters. The summed E-state index contributed by atoms with van der Waals surface area (Å²) in [6.07, 6.45) is 1.16. The maximum Gasteiger partial charge on any atom is 0.149 e. The highest BCUT2D eigenvalue weighted by Gasteiger charge is 2.18. The molecule has 0 bridgehead atoms. The second-order valence-electron chi connectivity index (χ2n) is 2.83. The van der Waals surface area contributed by atoms with Gasteiger partial charge in [0.15, 0.2) is 0 Å². The molecule has 1 unspecified atom stereocenters. The number of rotatable bonds is 3. The Balaban J connectivity index is 2.85. The van der Waals surface area contributed by atoms with E-state index in [-0.39, 0.29) is 5.75 Å². The number of hydrogen-bond acceptors (Lipinski definition) is 3. The molecular weight excluding hydrogens is 331 g/mol. The molecule has 0 spiro atoms. The number of alkyl halides is 1. The third kappa shape index (κ3) is 3.70. The van der Waals surface area contributed by atoms with Crippen LogP contribution in [0.3, 0.4) is 0 Å². The van der Waals surface area contributed by atoms with Gasteiger partial charge in [-0.15, -0.1) is 22.9 Å². The van der Waals surface area contributed by atoms with Crippen molar-refractivity contribution >= 4 is 60.3 Å². The molecule has 0 amide bonds. The Hall–Kier alpha value is 0.710. The fraction of sp³-hybridized carbons (Fsp3) is 0.429. The van der Waals surface area contributed by atoms with E-state index >= 15 is 0 Å². The largest absolute Gasteiger partial charge is 0.229 e. The van der Waals surface area contributed by atoms with E-state index in [9.17, 15) is 8.42 Å². The van der Waals surface area contributed by atoms with E-state index in [1.807, 2.05) is 0 Å². The van der Waals surface area contributed by atoms with Crippen LogP contribution in [0.1, 0.15) is 10.3 Å². The summed E-state index contributed by atoms with van der Waals surface area (Å²) in [5.74, 6) is -0.0716. The van der Waals surface area contributed by atoms with E-state index in [0.29, 0.717) is 5.02 Å². The van der Waals surface area contributed by atoms with Crippen molar-refractivity contribution in [2.75, 3.05) is 12.0 Å². The van der Waals surface area contributed by atoms with E-state index in [4.69, 9.17) is 23.2 Å². The SMILES string of the molecule is CS(=O)(=O)CC(Cl)c1cc(Cl)c(Br)s1. The predicted molar refractivity (Wildman–Crippen MR) is 65.3 cm³/mol. The lowest BCUT2D eigenvalue weighted by Gasteiger charge is -2.03. The van der Waals surface area contributed by atoms with E-state index in [1.54, 1.807) is 6.07 Å². The van der Waals surface area contributed by atoms with E-state index in [2.05, 4.69) is 15.9 Å². The molecule has 0 fully saturated rings. The molecule has 80 valence electrons. The number of sulfone groups is 1. The van der Waals surface area contributed by atoms with E-state index < -0.39 is 15.2 Å². The van der Waals surface area contributed by atoms with Crippen molar-refractivity contribution in [3.05, 3.63) is 19.8 Å². The second-order valence-corrected chi connectivity index (χ2v) is 8.35. The Bertz CT molecular complexity index is 407. The Morgan fingerprint density at radius 3 is 2.57 bits per heavy atom. The topological polar surface area (TPSA) is 34.1 Å². The Labute approximate surface area is 105 Å². The second kappa shape index (κ2) is 4.70. The van der Waals surface area contributed by atoms with Crippen LogP contribution in [0, 0.1) is 0 Å². The Morgan fingerprint density at radius 1 is 1.64 bits per heavy atom. The molecule has 7 heteroatoms. The van der Waals surface area contributed by atoms with Crippen molar-refractivity contribution < 1.29 is 8.42 Å². The van der Waals surface area contributed by atoms with Crippen molar-refractivity contribution in [3.63, 3.8) is 0 Å². The minimum Gasteiger partial charge on any atom is -0.229 e. The molecule has 0 saturated carbocycles. The van der Waals surface area contributed by atoms with Crippen LogP contribution >= 0.6 is 50.5 Å². The zero-order chi connectivity index (χ0) is 10.9. The molecule has 0 saturated heterocycles. The zero-order valence-electron chi connectivity index (χ0n) is 7.13. The van der Waals surface area contributed by atoms with Crippen LogP contribution in [0.25, 0.3) is 0 Å². The van der Waals surface area contributed by atoms with Crippen LogP contribution in [0.15, 0.2) is 9.85 Å². The predicted octanol–water partition coefficient (Wildman–Crippen LogP) is 3.49. The van der Waals surface area contributed by atoms with Gasteiger partial charge in [0.1, 0.15) is 9.84 Å². The summed E-state index contributed by atoms with van der Waals surface area (Å²) in [6, 6.07) is 1.68. The van der Waals surface area contributed by atoms with Gasteiger partial charge >= 0.3 is 0 Å². The van der Waals surface area contributed by atoms with Gasteiger partial charge in [-0.3, -0.25) is 0 Å². The summed E-state index contributed by atoms with van der Waals surface area (Å²) in [5, 5.41) is 0.0305. The summed E-state index contributed by atoms with van der Waals surface area (Å²) in [6.45, 7) is 0. The highest BCUT2D eigenvalue weighted by Crippen LogP contribution is 2.37. The van der Waals surface area contributed by atoms with Crippen LogP contribution in [-0.2, 0) is 9.84 Å². The van der Waals surface area contributed by atoms with Gasteiger partial charge in [0.05, 0.1) is 19.9 Å². The first-order valence-electron chi connectivity index (χ1n) is 3.56. The van der Waals surface area contributed by atoms with Crippen LogP contribution in [0.5, 0.6) is 0 Å². The highest BCUT2D eigenvalue weighted by atomic mass is 79.9. The quantitative estimate of drug-likeness (QED) is 0.791. The molecule has 1 rings (SSSR count). The average Bonchev–Trinajstić information content (AvgIpc) is 2.28. The number of hydrogen-bond donors (Lipinski definition) is 0. The van der Waals surface area contributed by atoms with Gasteiger partial charge < -0.3 is 0 Å². The van der Waals surface area contributed by atoms with Crippen molar-refractivity contribution in [1.29, 1.82) is 0 Å². The van der Waals surface area contributed by atoms with Gasteiger partial charge in [-0.2, -0.15) is 0 Å². The third-order valence-corrected chi connectivity index (χ3v) is 5.65. The lowest BCUT2D eigenvalue weighted by Crippen LogP contribution is -2.07. The molecule has 0 aromatic carbocycles. The molecular formula is C7H7BrCl2O2S2. The number of thiophene rings is 1. The lowest BCUT2D eigenvalue weighted by molar-refractivity contribution is 0.600. The molecule has 0 radical (unpaired) electrons. The fourth-order valence-electron chi connectivity index (χ4n) is 0.866. The van der Waals surface area contributed by atoms with Crippen LogP contribution < -0.4 is 0 Å². The Morgan fingerprint density at radius 2 is 2.21 bits per heavy atom. The van der Waals surface area contributed by atoms with Crippen LogP contribution in [0.2, 0.25) is 5.02 Å². The van der Waals surface area contributed by atoms with Gasteiger partial charge in [0.25, 0.3) is 0 Å². The summed E-state index contributed by atoms with van der Waals surface area (Å²) in [5.41, 5.74) is 0. The maximum atomic E-state index is 11.0. The molecule has 14 heavy (non-hydrogen) atoms. The first-order chi connectivity index (χ1) is 6.29. The molecule has 0 aliphatic carbocycles. The summed E-state index contributed by atoms with van der Waals surface area (Å²) in [4.78, 5) is 0.758. The molecule has 0 N–H and O–H groups in total. The normalized spacial score (nSPS) is 14.3. The molecule has 2 nitrogen and oxygen atoms in total. The summed E-state index contributed by atoms with van der Waals surface area (Å²) >= 11 is 16.3. The average molecular weight is 338 g/mol. The first-order valence-corrected chi connectivity index (χ1v) is 8.04. The minimum absolute atomic E-state index is 0.0716. The third-order valence-electron chi connectivity index (χ3n) is 1.42. The number of halogens is 3. The molecule has 0 aliphatic rings. The van der Waals surface area contributed by atoms with Crippen molar-refractivity contribution in [3.8, 4) is 0 Å². The van der Waals surface area contributed by atoms with E-state index in [0.717, 1.165) is 14.9 Å². The van der Waals surface area contributed by atoms with Gasteiger partial charge in [0, 0.05) is 11.1 Å². The lowest BCUT2D eigenvalue weighted by atomic mass is 10.4. The van der Waals surface area contributed by atoms with Gasteiger partial charge in [-0.1, -0.05) is 11.6 Å². The van der Waals surface area contributed by atoms with Crippen molar-refractivity contribution in [2.45, 2.75) is 5.38 Å².